The van der Waals surface area contributed by atoms with E-state index in [0.717, 1.165) is 24.0 Å². The maximum absolute atomic E-state index is 13.1. The van der Waals surface area contributed by atoms with Crippen LogP contribution in [0.1, 0.15) is 43.7 Å². The number of carbonyl (C=O) groups excluding carboxylic acids is 3. The van der Waals surface area contributed by atoms with Crippen molar-refractivity contribution in [2.75, 3.05) is 26.8 Å². The highest BCUT2D eigenvalue weighted by Gasteiger charge is 2.42. The summed E-state index contributed by atoms with van der Waals surface area (Å²) in [6.45, 7) is 3.58. The number of benzene rings is 2. The van der Waals surface area contributed by atoms with E-state index in [1.165, 1.54) is 11.8 Å². The summed E-state index contributed by atoms with van der Waals surface area (Å²) in [7, 11) is 1.63. The lowest BCUT2D eigenvalue weighted by Crippen LogP contribution is -2.45. The van der Waals surface area contributed by atoms with Crippen LogP contribution in [0.25, 0.3) is 0 Å². The van der Waals surface area contributed by atoms with E-state index in [1.54, 1.807) is 7.11 Å². The molecular weight excluding hydrogens is 514 g/mol. The van der Waals surface area contributed by atoms with Gasteiger partial charge in [0.1, 0.15) is 11.9 Å². The molecule has 2 unspecified atom stereocenters. The minimum atomic E-state index is -0.651. The van der Waals surface area contributed by atoms with Crippen LogP contribution in [0.4, 0.5) is 5.69 Å². The third-order valence-electron chi connectivity index (χ3n) is 6.57. The van der Waals surface area contributed by atoms with Crippen molar-refractivity contribution >= 4 is 46.2 Å². The van der Waals surface area contributed by atoms with E-state index in [9.17, 15) is 14.4 Å². The summed E-state index contributed by atoms with van der Waals surface area (Å²) in [5, 5.41) is 6.07. The Kier molecular flexibility index (Phi) is 10.3. The van der Waals surface area contributed by atoms with Crippen LogP contribution >= 0.6 is 11.8 Å². The minimum absolute atomic E-state index is 0.0847. The third-order valence-corrected chi connectivity index (χ3v) is 7.90. The number of nitrogens with one attached hydrogen (secondary N) is 2. The van der Waals surface area contributed by atoms with E-state index in [2.05, 4.69) is 15.6 Å². The summed E-state index contributed by atoms with van der Waals surface area (Å²) >= 11 is 1.33. The normalized spacial score (nSPS) is 16.6. The van der Waals surface area contributed by atoms with Gasteiger partial charge in [0.25, 0.3) is 5.91 Å². The number of fused-ring (bicyclic) bond motifs is 3. The number of nitrogens with zero attached hydrogens (tertiary/aromatic N) is 3. The topological polar surface area (TPSA) is 112 Å². The molecule has 0 saturated heterocycles. The Balaban J connectivity index is 1.43. The number of hydrogen-bond donors (Lipinski definition) is 2. The fraction of sp³-hybridized carbons (Fsp3) is 0.414. The summed E-state index contributed by atoms with van der Waals surface area (Å²) in [5.74, 6) is 0.0261. The number of carbonyl (C=O) groups is 3. The van der Waals surface area contributed by atoms with Gasteiger partial charge in [-0.05, 0) is 43.4 Å². The van der Waals surface area contributed by atoms with E-state index >= 15 is 0 Å². The summed E-state index contributed by atoms with van der Waals surface area (Å²) in [5.41, 5.74) is 2.62. The molecule has 0 aliphatic carbocycles. The Labute approximate surface area is 233 Å². The highest BCUT2D eigenvalue weighted by atomic mass is 32.2. The van der Waals surface area contributed by atoms with Crippen molar-refractivity contribution in [1.82, 2.24) is 15.5 Å². The Morgan fingerprint density at radius 1 is 1.05 bits per heavy atom. The van der Waals surface area contributed by atoms with Gasteiger partial charge in [0.15, 0.2) is 5.17 Å². The van der Waals surface area contributed by atoms with E-state index in [1.807, 2.05) is 66.4 Å². The standard InChI is InChI=1S/C29H35N5O4S/c1-3-24(28(37)31-17-9-19-38-2)39-29-32-22-13-8-7-12-21(22)26-33-27(36)23(34(26)29)14-15-25(35)30-18-16-20-10-5-4-6-11-20/h4-8,10-13,23-24H,3,9,14-19H2,1-2H3,(H,30,35)(H,31,37). The molecule has 0 aromatic heterocycles. The molecule has 4 rings (SSSR count). The maximum atomic E-state index is 13.1. The lowest BCUT2D eigenvalue weighted by atomic mass is 10.1. The number of hydrogen-bond acceptors (Lipinski definition) is 7. The minimum Gasteiger partial charge on any atom is -0.385 e. The first kappa shape index (κ1) is 28.5. The molecule has 39 heavy (non-hydrogen) atoms. The summed E-state index contributed by atoms with van der Waals surface area (Å²) in [4.78, 5) is 49.6. The smallest absolute Gasteiger partial charge is 0.270 e. The Hall–Kier alpha value is -3.50. The van der Waals surface area contributed by atoms with E-state index in [-0.39, 0.29) is 24.1 Å². The molecule has 2 aromatic carbocycles. The van der Waals surface area contributed by atoms with Gasteiger partial charge in [-0.2, -0.15) is 4.99 Å². The molecule has 0 spiro atoms. The molecule has 2 heterocycles. The highest BCUT2D eigenvalue weighted by molar-refractivity contribution is 8.15. The number of thioether (sulfide) groups is 1. The predicted molar refractivity (Wildman–Crippen MR) is 154 cm³/mol. The van der Waals surface area contributed by atoms with Crippen LogP contribution < -0.4 is 10.6 Å². The van der Waals surface area contributed by atoms with Crippen molar-refractivity contribution in [1.29, 1.82) is 0 Å². The first-order chi connectivity index (χ1) is 19.0. The number of methoxy groups -OCH3 is 1. The van der Waals surface area contributed by atoms with Gasteiger partial charge < -0.3 is 15.4 Å². The predicted octanol–water partition coefficient (Wildman–Crippen LogP) is 3.45. The van der Waals surface area contributed by atoms with E-state index < -0.39 is 11.3 Å². The molecule has 206 valence electrons. The zero-order valence-electron chi connectivity index (χ0n) is 22.4. The lowest BCUT2D eigenvalue weighted by molar-refractivity contribution is -0.122. The van der Waals surface area contributed by atoms with E-state index in [4.69, 9.17) is 9.73 Å². The van der Waals surface area contributed by atoms with Crippen LogP contribution in [0.15, 0.2) is 64.6 Å². The second kappa shape index (κ2) is 14.0. The van der Waals surface area contributed by atoms with Gasteiger partial charge in [-0.3, -0.25) is 19.3 Å². The summed E-state index contributed by atoms with van der Waals surface area (Å²) in [6.07, 6.45) is 2.53. The van der Waals surface area contributed by atoms with Gasteiger partial charge in [-0.1, -0.05) is 61.2 Å². The summed E-state index contributed by atoms with van der Waals surface area (Å²) < 4.78 is 5.06. The number of aliphatic imine (C=N–C) groups is 2. The highest BCUT2D eigenvalue weighted by Crippen LogP contribution is 2.36. The molecule has 2 aromatic rings. The molecule has 0 fully saturated rings. The Morgan fingerprint density at radius 2 is 1.82 bits per heavy atom. The first-order valence-corrected chi connectivity index (χ1v) is 14.2. The third kappa shape index (κ3) is 7.33. The van der Waals surface area contributed by atoms with Crippen LogP contribution in [0.2, 0.25) is 0 Å². The SMILES string of the molecule is CCC(SC1=Nc2ccccc2C2=NC(=O)C(CCC(=O)NCCc3ccccc3)N12)C(=O)NCCCOC. The monoisotopic (exact) mass is 549 g/mol. The molecule has 2 N–H and O–H groups in total. The van der Waals surface area contributed by atoms with Crippen molar-refractivity contribution < 1.29 is 19.1 Å². The van der Waals surface area contributed by atoms with Crippen LogP contribution in [0.5, 0.6) is 0 Å². The largest absolute Gasteiger partial charge is 0.385 e. The molecule has 2 atom stereocenters. The number of amidine groups is 2. The van der Waals surface area contributed by atoms with Crippen molar-refractivity contribution in [2.24, 2.45) is 9.98 Å². The van der Waals surface area contributed by atoms with E-state index in [0.29, 0.717) is 49.2 Å². The van der Waals surface area contributed by atoms with Crippen molar-refractivity contribution in [3.8, 4) is 0 Å². The molecule has 0 saturated carbocycles. The van der Waals surface area contributed by atoms with Gasteiger partial charge in [-0.25, -0.2) is 4.99 Å². The fourth-order valence-corrected chi connectivity index (χ4v) is 5.59. The van der Waals surface area contributed by atoms with Crippen molar-refractivity contribution in [3.05, 3.63) is 65.7 Å². The number of amides is 3. The maximum Gasteiger partial charge on any atom is 0.270 e. The quantitative estimate of drug-likeness (QED) is 0.370. The molecule has 0 bridgehead atoms. The molecule has 2 aliphatic heterocycles. The summed E-state index contributed by atoms with van der Waals surface area (Å²) in [6, 6.07) is 16.8. The van der Waals surface area contributed by atoms with Crippen LogP contribution in [-0.2, 0) is 25.5 Å². The van der Waals surface area contributed by atoms with Crippen LogP contribution in [-0.4, -0.2) is 71.7 Å². The first-order valence-electron chi connectivity index (χ1n) is 13.4. The van der Waals surface area contributed by atoms with Gasteiger partial charge >= 0.3 is 0 Å². The number of ether oxygens (including phenoxy) is 1. The van der Waals surface area contributed by atoms with Gasteiger partial charge in [0, 0.05) is 38.8 Å². The van der Waals surface area contributed by atoms with Gasteiger partial charge in [0.05, 0.1) is 10.9 Å². The molecule has 3 amide bonds. The van der Waals surface area contributed by atoms with Gasteiger partial charge in [-0.15, -0.1) is 0 Å². The molecule has 9 nitrogen and oxygen atoms in total. The second-order valence-corrected chi connectivity index (χ2v) is 10.5. The fourth-order valence-electron chi connectivity index (χ4n) is 4.50. The number of rotatable bonds is 13. The Morgan fingerprint density at radius 3 is 2.59 bits per heavy atom. The number of para-hydroxylation sites is 1. The molecule has 10 heteroatoms. The lowest BCUT2D eigenvalue weighted by Gasteiger charge is -2.32. The van der Waals surface area contributed by atoms with Crippen LogP contribution in [0, 0.1) is 0 Å². The molecular formula is C29H35N5O4S. The zero-order chi connectivity index (χ0) is 27.6. The molecule has 0 radical (unpaired) electrons. The van der Waals surface area contributed by atoms with Crippen LogP contribution in [0.3, 0.4) is 0 Å². The average molecular weight is 550 g/mol. The average Bonchev–Trinajstić information content (AvgIpc) is 3.29. The van der Waals surface area contributed by atoms with Gasteiger partial charge in [0.2, 0.25) is 11.8 Å². The Bertz CT molecular complexity index is 1230. The van der Waals surface area contributed by atoms with Crippen molar-refractivity contribution in [3.63, 3.8) is 0 Å². The van der Waals surface area contributed by atoms with Crippen molar-refractivity contribution in [2.45, 2.75) is 50.3 Å². The molecule has 2 aliphatic rings. The second-order valence-electron chi connectivity index (χ2n) is 9.35. The zero-order valence-corrected chi connectivity index (χ0v) is 23.2.